The number of aryl methyl sites for hydroxylation is 1. The first kappa shape index (κ1) is 14.4. The molecule has 1 fully saturated rings. The Bertz CT molecular complexity index is 496. The normalized spacial score (nSPS) is 16.4. The van der Waals surface area contributed by atoms with E-state index in [-0.39, 0.29) is 5.91 Å². The van der Waals surface area contributed by atoms with Crippen LogP contribution in [0.3, 0.4) is 0 Å². The van der Waals surface area contributed by atoms with Crippen molar-refractivity contribution in [3.8, 4) is 11.8 Å². The van der Waals surface area contributed by atoms with Gasteiger partial charge < -0.3 is 10.1 Å². The Kier molecular flexibility index (Phi) is 4.62. The molecule has 4 heteroatoms. The maximum Gasteiger partial charge on any atom is 0.240 e. The lowest BCUT2D eigenvalue weighted by Crippen LogP contribution is -2.40. The molecule has 1 aliphatic rings. The van der Waals surface area contributed by atoms with Crippen LogP contribution < -0.4 is 10.1 Å². The number of nitriles is 1. The molecule has 0 heterocycles. The topological polar surface area (TPSA) is 62.1 Å². The molecule has 1 saturated carbocycles. The summed E-state index contributed by atoms with van der Waals surface area (Å²) in [5.41, 5.74) is 0.381. The molecule has 0 atom stereocenters. The lowest BCUT2D eigenvalue weighted by molar-refractivity contribution is -0.128. The predicted molar refractivity (Wildman–Crippen MR) is 76.2 cm³/mol. The summed E-state index contributed by atoms with van der Waals surface area (Å²) in [5, 5.41) is 12.0. The largest absolute Gasteiger partial charge is 0.492 e. The molecular formula is C16H20N2O2. The lowest BCUT2D eigenvalue weighted by Gasteiger charge is -2.19. The van der Waals surface area contributed by atoms with Crippen molar-refractivity contribution < 1.29 is 9.53 Å². The predicted octanol–water partition coefficient (Wildman–Crippen LogP) is 2.57. The average molecular weight is 272 g/mol. The van der Waals surface area contributed by atoms with Gasteiger partial charge in [0.1, 0.15) is 17.8 Å². The Labute approximate surface area is 119 Å². The van der Waals surface area contributed by atoms with E-state index < -0.39 is 5.41 Å². The molecule has 0 unspecified atom stereocenters. The van der Waals surface area contributed by atoms with E-state index >= 15 is 0 Å². The number of amides is 1. The highest BCUT2D eigenvalue weighted by molar-refractivity contribution is 5.85. The Hall–Kier alpha value is -2.02. The molecule has 1 aromatic carbocycles. The van der Waals surface area contributed by atoms with Crippen LogP contribution in [0, 0.1) is 23.7 Å². The van der Waals surface area contributed by atoms with E-state index in [1.807, 2.05) is 31.2 Å². The van der Waals surface area contributed by atoms with Crippen LogP contribution >= 0.6 is 0 Å². The molecule has 0 aromatic heterocycles. The highest BCUT2D eigenvalue weighted by Gasteiger charge is 2.41. The van der Waals surface area contributed by atoms with E-state index in [9.17, 15) is 10.1 Å². The van der Waals surface area contributed by atoms with Gasteiger partial charge in [-0.25, -0.2) is 0 Å². The maximum atomic E-state index is 12.1. The molecular weight excluding hydrogens is 252 g/mol. The van der Waals surface area contributed by atoms with Gasteiger partial charge in [-0.3, -0.25) is 4.79 Å². The van der Waals surface area contributed by atoms with Gasteiger partial charge in [-0.05, 0) is 31.9 Å². The zero-order valence-corrected chi connectivity index (χ0v) is 11.8. The quantitative estimate of drug-likeness (QED) is 0.838. The van der Waals surface area contributed by atoms with Gasteiger partial charge in [0.05, 0.1) is 12.6 Å². The SMILES string of the molecule is Cc1ccc(OCCNC(=O)C2(C#N)CCCC2)cc1. The summed E-state index contributed by atoms with van der Waals surface area (Å²) in [5.74, 6) is 0.644. The molecule has 106 valence electrons. The first-order chi connectivity index (χ1) is 9.66. The van der Waals surface area contributed by atoms with Crippen LogP contribution in [0.25, 0.3) is 0 Å². The van der Waals surface area contributed by atoms with Crippen molar-refractivity contribution in [3.05, 3.63) is 29.8 Å². The zero-order chi connectivity index (χ0) is 14.4. The van der Waals surface area contributed by atoms with Gasteiger partial charge in [0.15, 0.2) is 0 Å². The van der Waals surface area contributed by atoms with E-state index in [1.165, 1.54) is 5.56 Å². The molecule has 4 nitrogen and oxygen atoms in total. The number of nitrogens with one attached hydrogen (secondary N) is 1. The first-order valence-electron chi connectivity index (χ1n) is 7.05. The maximum absolute atomic E-state index is 12.1. The molecule has 2 rings (SSSR count). The Morgan fingerprint density at radius 1 is 1.35 bits per heavy atom. The number of hydrogen-bond donors (Lipinski definition) is 1. The zero-order valence-electron chi connectivity index (χ0n) is 11.8. The van der Waals surface area contributed by atoms with E-state index in [0.717, 1.165) is 18.6 Å². The summed E-state index contributed by atoms with van der Waals surface area (Å²) in [6, 6.07) is 9.97. The van der Waals surface area contributed by atoms with Crippen molar-refractivity contribution in [2.24, 2.45) is 5.41 Å². The van der Waals surface area contributed by atoms with Gasteiger partial charge in [0.25, 0.3) is 0 Å². The Morgan fingerprint density at radius 3 is 2.60 bits per heavy atom. The highest BCUT2D eigenvalue weighted by Crippen LogP contribution is 2.37. The van der Waals surface area contributed by atoms with Crippen LogP contribution in [-0.2, 0) is 4.79 Å². The molecule has 0 aliphatic heterocycles. The first-order valence-corrected chi connectivity index (χ1v) is 7.05. The highest BCUT2D eigenvalue weighted by atomic mass is 16.5. The Balaban J connectivity index is 1.74. The van der Waals surface area contributed by atoms with Gasteiger partial charge >= 0.3 is 0 Å². The minimum atomic E-state index is -0.802. The van der Waals surface area contributed by atoms with Crippen LogP contribution in [0.15, 0.2) is 24.3 Å². The summed E-state index contributed by atoms with van der Waals surface area (Å²) in [6.07, 6.45) is 3.27. The fraction of sp³-hybridized carbons (Fsp3) is 0.500. The van der Waals surface area contributed by atoms with Crippen LogP contribution in [0.1, 0.15) is 31.2 Å². The monoisotopic (exact) mass is 272 g/mol. The van der Waals surface area contributed by atoms with Crippen LogP contribution in [0.4, 0.5) is 0 Å². The third-order valence-corrected chi connectivity index (χ3v) is 3.78. The molecule has 1 amide bonds. The van der Waals surface area contributed by atoms with Crippen LogP contribution in [0.2, 0.25) is 0 Å². The number of carbonyl (C=O) groups is 1. The van der Waals surface area contributed by atoms with Crippen molar-refractivity contribution in [1.29, 1.82) is 5.26 Å². The third-order valence-electron chi connectivity index (χ3n) is 3.78. The summed E-state index contributed by atoms with van der Waals surface area (Å²) < 4.78 is 5.54. The molecule has 1 aromatic rings. The molecule has 0 spiro atoms. The molecule has 20 heavy (non-hydrogen) atoms. The van der Waals surface area contributed by atoms with E-state index in [2.05, 4.69) is 11.4 Å². The van der Waals surface area contributed by atoms with Gasteiger partial charge in [-0.1, -0.05) is 30.5 Å². The number of benzene rings is 1. The van der Waals surface area contributed by atoms with Crippen molar-refractivity contribution in [1.82, 2.24) is 5.32 Å². The minimum absolute atomic E-state index is 0.148. The summed E-state index contributed by atoms with van der Waals surface area (Å²) >= 11 is 0. The molecule has 1 aliphatic carbocycles. The minimum Gasteiger partial charge on any atom is -0.492 e. The molecule has 0 saturated heterocycles. The molecule has 0 radical (unpaired) electrons. The van der Waals surface area contributed by atoms with Crippen molar-refractivity contribution in [3.63, 3.8) is 0 Å². The third kappa shape index (κ3) is 3.30. The number of ether oxygens (including phenoxy) is 1. The van der Waals surface area contributed by atoms with E-state index in [0.29, 0.717) is 26.0 Å². The van der Waals surface area contributed by atoms with Gasteiger partial charge in [-0.2, -0.15) is 5.26 Å². The molecule has 1 N–H and O–H groups in total. The van der Waals surface area contributed by atoms with Gasteiger partial charge in [0, 0.05) is 0 Å². The number of carbonyl (C=O) groups excluding carboxylic acids is 1. The van der Waals surface area contributed by atoms with E-state index in [4.69, 9.17) is 4.74 Å². The second kappa shape index (κ2) is 6.42. The van der Waals surface area contributed by atoms with Crippen molar-refractivity contribution in [2.45, 2.75) is 32.6 Å². The smallest absolute Gasteiger partial charge is 0.240 e. The number of nitrogens with zero attached hydrogens (tertiary/aromatic N) is 1. The summed E-state index contributed by atoms with van der Waals surface area (Å²) in [4.78, 5) is 12.1. The van der Waals surface area contributed by atoms with Gasteiger partial charge in [-0.15, -0.1) is 0 Å². The second-order valence-electron chi connectivity index (χ2n) is 5.32. The average Bonchev–Trinajstić information content (AvgIpc) is 2.95. The number of rotatable bonds is 5. The van der Waals surface area contributed by atoms with Crippen LogP contribution in [0.5, 0.6) is 5.75 Å². The molecule has 0 bridgehead atoms. The number of hydrogen-bond acceptors (Lipinski definition) is 3. The van der Waals surface area contributed by atoms with E-state index in [1.54, 1.807) is 0 Å². The van der Waals surface area contributed by atoms with Crippen LogP contribution in [-0.4, -0.2) is 19.1 Å². The summed E-state index contributed by atoms with van der Waals surface area (Å²) in [7, 11) is 0. The summed E-state index contributed by atoms with van der Waals surface area (Å²) in [6.45, 7) is 2.86. The standard InChI is InChI=1S/C16H20N2O2/c1-13-4-6-14(7-5-13)20-11-10-18-15(19)16(12-17)8-2-3-9-16/h4-7H,2-3,8-11H2,1H3,(H,18,19). The van der Waals surface area contributed by atoms with Crippen molar-refractivity contribution in [2.75, 3.05) is 13.2 Å². The second-order valence-corrected chi connectivity index (χ2v) is 5.32. The Morgan fingerprint density at radius 2 is 2.00 bits per heavy atom. The van der Waals surface area contributed by atoms with Gasteiger partial charge in [0.2, 0.25) is 5.91 Å². The fourth-order valence-electron chi connectivity index (χ4n) is 2.51. The lowest BCUT2D eigenvalue weighted by atomic mass is 9.87. The van der Waals surface area contributed by atoms with Crippen molar-refractivity contribution >= 4 is 5.91 Å². The fourth-order valence-corrected chi connectivity index (χ4v) is 2.51.